The highest BCUT2D eigenvalue weighted by Gasteiger charge is 2.18. The highest BCUT2D eigenvalue weighted by molar-refractivity contribution is 7.92. The molecular weight excluding hydrogens is 496 g/mol. The molecule has 1 N–H and O–H groups in total. The van der Waals surface area contributed by atoms with E-state index < -0.39 is 10.0 Å². The molecule has 3 aromatic carbocycles. The largest absolute Gasteiger partial charge is 0.318 e. The van der Waals surface area contributed by atoms with Crippen LogP contribution in [0.5, 0.6) is 0 Å². The zero-order valence-electron chi connectivity index (χ0n) is 22.3. The Balaban J connectivity index is 1.44. The van der Waals surface area contributed by atoms with Crippen LogP contribution in [-0.2, 0) is 16.6 Å². The van der Waals surface area contributed by atoms with Crippen molar-refractivity contribution in [1.29, 1.82) is 0 Å². The van der Waals surface area contributed by atoms with Gasteiger partial charge in [-0.15, -0.1) is 0 Å². The topological polar surface area (TPSA) is 83.8 Å². The van der Waals surface area contributed by atoms with Gasteiger partial charge in [-0.25, -0.2) is 13.8 Å². The predicted molar refractivity (Wildman–Crippen MR) is 154 cm³/mol. The van der Waals surface area contributed by atoms with Crippen LogP contribution in [0.4, 0.5) is 5.69 Å². The highest BCUT2D eigenvalue weighted by Crippen LogP contribution is 2.23. The second-order valence-corrected chi connectivity index (χ2v) is 11.4. The van der Waals surface area contributed by atoms with Crippen LogP contribution in [0.15, 0.2) is 84.0 Å². The second-order valence-electron chi connectivity index (χ2n) is 9.45. The molecular formula is C30H32N4O3S. The second kappa shape index (κ2) is 11.1. The molecule has 1 amide bonds. The number of carbonyl (C=O) groups excluding carboxylic acids is 1. The van der Waals surface area contributed by atoms with Gasteiger partial charge in [0.1, 0.15) is 0 Å². The molecule has 4 rings (SSSR count). The summed E-state index contributed by atoms with van der Waals surface area (Å²) in [7, 11) is -3.47. The Morgan fingerprint density at radius 3 is 2.26 bits per heavy atom. The maximum Gasteiger partial charge on any atom is 0.271 e. The molecule has 0 spiro atoms. The Morgan fingerprint density at radius 2 is 1.63 bits per heavy atom. The van der Waals surface area contributed by atoms with Gasteiger partial charge in [0, 0.05) is 28.2 Å². The summed E-state index contributed by atoms with van der Waals surface area (Å²) >= 11 is 0. The normalized spacial score (nSPS) is 11.6. The Hall–Kier alpha value is -4.17. The summed E-state index contributed by atoms with van der Waals surface area (Å²) < 4.78 is 28.2. The van der Waals surface area contributed by atoms with Crippen molar-refractivity contribution in [2.75, 3.05) is 10.6 Å². The fourth-order valence-electron chi connectivity index (χ4n) is 4.49. The van der Waals surface area contributed by atoms with Crippen LogP contribution in [0.2, 0.25) is 0 Å². The fourth-order valence-corrected chi connectivity index (χ4v) is 5.38. The van der Waals surface area contributed by atoms with Gasteiger partial charge in [-0.05, 0) is 75.2 Å². The van der Waals surface area contributed by atoms with Crippen molar-refractivity contribution in [3.63, 3.8) is 0 Å². The number of hydrazone groups is 1. The Bertz CT molecular complexity index is 1590. The number of benzene rings is 3. The quantitative estimate of drug-likeness (QED) is 0.244. The van der Waals surface area contributed by atoms with E-state index in [-0.39, 0.29) is 12.5 Å². The molecule has 1 aromatic heterocycles. The van der Waals surface area contributed by atoms with Gasteiger partial charge in [0.15, 0.2) is 0 Å². The molecule has 0 fully saturated rings. The van der Waals surface area contributed by atoms with Crippen LogP contribution in [0.3, 0.4) is 0 Å². The number of nitrogens with one attached hydrogen (secondary N) is 1. The zero-order chi connectivity index (χ0) is 27.4. The smallest absolute Gasteiger partial charge is 0.271 e. The van der Waals surface area contributed by atoms with E-state index in [1.165, 1.54) is 21.7 Å². The number of sulfonamides is 1. The lowest BCUT2D eigenvalue weighted by Crippen LogP contribution is -2.29. The summed E-state index contributed by atoms with van der Waals surface area (Å²) in [5.74, 6) is -0.348. The van der Waals surface area contributed by atoms with Gasteiger partial charge >= 0.3 is 0 Å². The molecule has 8 heteroatoms. The van der Waals surface area contributed by atoms with Crippen molar-refractivity contribution in [2.24, 2.45) is 5.10 Å². The third-order valence-electron chi connectivity index (χ3n) is 6.42. The standard InChI is InChI=1S/C30H32N4O3S/c1-21-11-16-29(22(2)17-21)34-23(3)18-27(24(34)4)19-31-32-30(35)26-14-12-25(13-15-26)20-33(38(5,36)37)28-9-7-6-8-10-28/h6-19H,20H2,1-5H3,(H,32,35)/b31-19-. The maximum atomic E-state index is 12.7. The van der Waals surface area contributed by atoms with Gasteiger partial charge < -0.3 is 4.57 Å². The van der Waals surface area contributed by atoms with Crippen LogP contribution >= 0.6 is 0 Å². The van der Waals surface area contributed by atoms with Crippen LogP contribution < -0.4 is 9.73 Å². The lowest BCUT2D eigenvalue weighted by atomic mass is 10.1. The molecule has 4 aromatic rings. The first kappa shape index (κ1) is 26.9. The first-order valence-electron chi connectivity index (χ1n) is 12.3. The molecule has 7 nitrogen and oxygen atoms in total. The summed E-state index contributed by atoms with van der Waals surface area (Å²) in [5.41, 5.74) is 10.9. The third kappa shape index (κ3) is 6.03. The van der Waals surface area contributed by atoms with Gasteiger partial charge in [0.05, 0.1) is 24.7 Å². The van der Waals surface area contributed by atoms with Gasteiger partial charge in [-0.2, -0.15) is 5.10 Å². The van der Waals surface area contributed by atoms with Gasteiger partial charge in [-0.1, -0.05) is 48.0 Å². The van der Waals surface area contributed by atoms with Crippen LogP contribution in [0.25, 0.3) is 5.69 Å². The Kier molecular flexibility index (Phi) is 7.83. The van der Waals surface area contributed by atoms with Crippen molar-refractivity contribution >= 4 is 27.8 Å². The average molecular weight is 529 g/mol. The molecule has 38 heavy (non-hydrogen) atoms. The monoisotopic (exact) mass is 528 g/mol. The van der Waals surface area contributed by atoms with Crippen molar-refractivity contribution in [1.82, 2.24) is 9.99 Å². The van der Waals surface area contributed by atoms with E-state index in [1.54, 1.807) is 54.7 Å². The molecule has 0 saturated carbocycles. The van der Waals surface area contributed by atoms with E-state index in [2.05, 4.69) is 47.1 Å². The molecule has 0 bridgehead atoms. The zero-order valence-corrected chi connectivity index (χ0v) is 23.1. The van der Waals surface area contributed by atoms with Crippen molar-refractivity contribution in [3.8, 4) is 5.69 Å². The lowest BCUT2D eigenvalue weighted by Gasteiger charge is -2.22. The van der Waals surface area contributed by atoms with Crippen LogP contribution in [0, 0.1) is 27.7 Å². The lowest BCUT2D eigenvalue weighted by molar-refractivity contribution is 0.0955. The SMILES string of the molecule is Cc1ccc(-n2c(C)cc(/C=N\NC(=O)c3ccc(CN(c4ccccc4)S(C)(=O)=O)cc3)c2C)c(C)c1. The van der Waals surface area contributed by atoms with Crippen LogP contribution in [-0.4, -0.2) is 31.4 Å². The molecule has 1 heterocycles. The van der Waals surface area contributed by atoms with E-state index in [0.717, 1.165) is 28.2 Å². The number of amides is 1. The van der Waals surface area contributed by atoms with Gasteiger partial charge in [0.25, 0.3) is 5.91 Å². The van der Waals surface area contributed by atoms with E-state index in [9.17, 15) is 13.2 Å². The third-order valence-corrected chi connectivity index (χ3v) is 7.56. The van der Waals surface area contributed by atoms with E-state index in [0.29, 0.717) is 11.3 Å². The number of aromatic nitrogens is 1. The maximum absolute atomic E-state index is 12.7. The number of hydrogen-bond donors (Lipinski definition) is 1. The first-order valence-corrected chi connectivity index (χ1v) is 14.1. The molecule has 0 saturated heterocycles. The van der Waals surface area contributed by atoms with E-state index in [1.807, 2.05) is 26.0 Å². The van der Waals surface area contributed by atoms with Crippen LogP contribution in [0.1, 0.15) is 44.0 Å². The average Bonchev–Trinajstić information content (AvgIpc) is 3.15. The summed E-state index contributed by atoms with van der Waals surface area (Å²) in [6, 6.07) is 24.2. The molecule has 0 aliphatic carbocycles. The number of aryl methyl sites for hydroxylation is 3. The summed E-state index contributed by atoms with van der Waals surface area (Å²) in [4.78, 5) is 12.7. The number of carbonyl (C=O) groups is 1. The number of rotatable bonds is 8. The summed E-state index contributed by atoms with van der Waals surface area (Å²) in [6.45, 7) is 8.42. The molecule has 0 atom stereocenters. The van der Waals surface area contributed by atoms with Gasteiger partial charge in [-0.3, -0.25) is 9.10 Å². The first-order chi connectivity index (χ1) is 18.0. The van der Waals surface area contributed by atoms with Crippen molar-refractivity contribution in [2.45, 2.75) is 34.2 Å². The fraction of sp³-hybridized carbons (Fsp3) is 0.200. The van der Waals surface area contributed by atoms with E-state index in [4.69, 9.17) is 0 Å². The number of hydrogen-bond acceptors (Lipinski definition) is 4. The highest BCUT2D eigenvalue weighted by atomic mass is 32.2. The predicted octanol–water partition coefficient (Wildman–Crippen LogP) is 5.44. The number of anilines is 1. The summed E-state index contributed by atoms with van der Waals surface area (Å²) in [5, 5.41) is 4.18. The minimum atomic E-state index is -3.47. The molecule has 0 radical (unpaired) electrons. The molecule has 196 valence electrons. The van der Waals surface area contributed by atoms with Crippen molar-refractivity contribution < 1.29 is 13.2 Å². The van der Waals surface area contributed by atoms with Crippen molar-refractivity contribution in [3.05, 3.63) is 118 Å². The Morgan fingerprint density at radius 1 is 0.947 bits per heavy atom. The minimum Gasteiger partial charge on any atom is -0.318 e. The minimum absolute atomic E-state index is 0.166. The van der Waals surface area contributed by atoms with E-state index >= 15 is 0 Å². The number of para-hydroxylation sites is 1. The molecule has 0 unspecified atom stereocenters. The number of nitrogens with zero attached hydrogens (tertiary/aromatic N) is 3. The Labute approximate surface area is 224 Å². The molecule has 0 aliphatic rings. The van der Waals surface area contributed by atoms with Gasteiger partial charge in [0.2, 0.25) is 10.0 Å². The molecule has 0 aliphatic heterocycles. The summed E-state index contributed by atoms with van der Waals surface area (Å²) in [6.07, 6.45) is 2.83.